The van der Waals surface area contributed by atoms with E-state index in [0.29, 0.717) is 0 Å². The normalized spacial score (nSPS) is 25.5. The van der Waals surface area contributed by atoms with E-state index >= 15 is 0 Å². The van der Waals surface area contributed by atoms with Crippen molar-refractivity contribution in [1.82, 2.24) is 0 Å². The summed E-state index contributed by atoms with van der Waals surface area (Å²) in [4.78, 5) is 4.34. The number of dihydropyridines is 1. The summed E-state index contributed by atoms with van der Waals surface area (Å²) in [5.41, 5.74) is 1.62. The molecule has 1 heterocycles. The van der Waals surface area contributed by atoms with Gasteiger partial charge in [0.2, 0.25) is 0 Å². The van der Waals surface area contributed by atoms with Crippen molar-refractivity contribution in [1.29, 1.82) is 0 Å². The number of hydrogen-bond acceptors (Lipinski definition) is 1. The molecule has 66 valence electrons. The smallest absolute Gasteiger partial charge is 0.0598 e. The van der Waals surface area contributed by atoms with Gasteiger partial charge in [-0.2, -0.15) is 0 Å². The molecule has 1 saturated carbocycles. The van der Waals surface area contributed by atoms with Gasteiger partial charge in [-0.25, -0.2) is 0 Å². The number of hydrogen-bond donors (Lipinski definition) is 0. The van der Waals surface area contributed by atoms with E-state index in [1.807, 2.05) is 6.21 Å². The van der Waals surface area contributed by atoms with Crippen LogP contribution in [0.3, 0.4) is 0 Å². The van der Waals surface area contributed by atoms with E-state index in [9.17, 15) is 0 Å². The molecule has 12 heavy (non-hydrogen) atoms. The molecule has 1 heteroatoms. The van der Waals surface area contributed by atoms with Gasteiger partial charge >= 0.3 is 0 Å². The Labute approximate surface area is 74.6 Å². The molecule has 1 aliphatic heterocycles. The second-order valence-electron chi connectivity index (χ2n) is 3.87. The molecular weight excluding hydrogens is 146 g/mol. The summed E-state index contributed by atoms with van der Waals surface area (Å²) in [7, 11) is 0. The van der Waals surface area contributed by atoms with Crippen molar-refractivity contribution in [3.05, 3.63) is 11.6 Å². The van der Waals surface area contributed by atoms with Gasteiger partial charge in [0.25, 0.3) is 0 Å². The minimum Gasteiger partial charge on any atom is -0.293 e. The molecule has 2 rings (SSSR count). The lowest BCUT2D eigenvalue weighted by atomic mass is 9.83. The van der Waals surface area contributed by atoms with Crippen LogP contribution in [0.15, 0.2) is 16.6 Å². The van der Waals surface area contributed by atoms with E-state index in [1.165, 1.54) is 32.1 Å². The molecule has 0 unspecified atom stereocenters. The molecule has 0 N–H and O–H groups in total. The zero-order chi connectivity index (χ0) is 8.23. The van der Waals surface area contributed by atoms with E-state index in [2.05, 4.69) is 11.1 Å². The van der Waals surface area contributed by atoms with Gasteiger partial charge in [-0.05, 0) is 24.3 Å². The maximum absolute atomic E-state index is 4.34. The molecule has 0 aromatic rings. The standard InChI is InChI=1S/C11H17N/c1-2-5-10(6-3-1)11-7-4-8-12-9-11/h7-8,10H,1-6,9H2. The molecule has 2 aliphatic rings. The first-order valence-corrected chi connectivity index (χ1v) is 5.14. The molecule has 1 aliphatic carbocycles. The maximum atomic E-state index is 4.34. The second-order valence-corrected chi connectivity index (χ2v) is 3.87. The zero-order valence-corrected chi connectivity index (χ0v) is 7.63. The predicted molar refractivity (Wildman–Crippen MR) is 52.6 cm³/mol. The van der Waals surface area contributed by atoms with Gasteiger partial charge in [-0.15, -0.1) is 0 Å². The summed E-state index contributed by atoms with van der Waals surface area (Å²) >= 11 is 0. The zero-order valence-electron chi connectivity index (χ0n) is 7.63. The SMILES string of the molecule is C1=NCC(C2CCCCC2)=CC1. The Bertz CT molecular complexity index is 197. The van der Waals surface area contributed by atoms with Gasteiger partial charge in [0, 0.05) is 12.6 Å². The fraction of sp³-hybridized carbons (Fsp3) is 0.727. The average Bonchev–Trinajstić information content (AvgIpc) is 2.21. The van der Waals surface area contributed by atoms with Crippen LogP contribution in [0.5, 0.6) is 0 Å². The third-order valence-electron chi connectivity index (χ3n) is 3.02. The lowest BCUT2D eigenvalue weighted by Gasteiger charge is -2.24. The van der Waals surface area contributed by atoms with Crippen molar-refractivity contribution in [2.24, 2.45) is 10.9 Å². The fourth-order valence-electron chi connectivity index (χ4n) is 2.28. The Hall–Kier alpha value is -0.590. The third-order valence-corrected chi connectivity index (χ3v) is 3.02. The lowest BCUT2D eigenvalue weighted by Crippen LogP contribution is -2.12. The molecule has 0 amide bonds. The first-order chi connectivity index (χ1) is 5.97. The molecule has 0 radical (unpaired) electrons. The molecule has 1 fully saturated rings. The van der Waals surface area contributed by atoms with Crippen molar-refractivity contribution in [2.75, 3.05) is 6.54 Å². The summed E-state index contributed by atoms with van der Waals surface area (Å²) in [6.45, 7) is 0.991. The molecule has 1 nitrogen and oxygen atoms in total. The van der Waals surface area contributed by atoms with E-state index in [4.69, 9.17) is 0 Å². The Morgan fingerprint density at radius 2 is 2.00 bits per heavy atom. The molecule has 0 bridgehead atoms. The summed E-state index contributed by atoms with van der Waals surface area (Å²) in [5, 5.41) is 0. The summed E-state index contributed by atoms with van der Waals surface area (Å²) in [6, 6.07) is 0. The maximum Gasteiger partial charge on any atom is 0.0598 e. The van der Waals surface area contributed by atoms with Crippen LogP contribution in [0.1, 0.15) is 38.5 Å². The minimum atomic E-state index is 0.885. The van der Waals surface area contributed by atoms with Crippen molar-refractivity contribution < 1.29 is 0 Å². The van der Waals surface area contributed by atoms with Crippen molar-refractivity contribution in [3.8, 4) is 0 Å². The van der Waals surface area contributed by atoms with Crippen molar-refractivity contribution in [2.45, 2.75) is 38.5 Å². The van der Waals surface area contributed by atoms with E-state index in [1.54, 1.807) is 5.57 Å². The van der Waals surface area contributed by atoms with E-state index in [-0.39, 0.29) is 0 Å². The van der Waals surface area contributed by atoms with Crippen molar-refractivity contribution >= 4 is 6.21 Å². The van der Waals surface area contributed by atoms with Gasteiger partial charge < -0.3 is 0 Å². The largest absolute Gasteiger partial charge is 0.293 e. The second kappa shape index (κ2) is 3.88. The monoisotopic (exact) mass is 163 g/mol. The minimum absolute atomic E-state index is 0.885. The van der Waals surface area contributed by atoms with Crippen LogP contribution in [0, 0.1) is 5.92 Å². The van der Waals surface area contributed by atoms with Crippen LogP contribution < -0.4 is 0 Å². The van der Waals surface area contributed by atoms with Gasteiger partial charge in [-0.1, -0.05) is 25.3 Å². The quantitative estimate of drug-likeness (QED) is 0.527. The van der Waals surface area contributed by atoms with E-state index in [0.717, 1.165) is 18.9 Å². The van der Waals surface area contributed by atoms with Crippen LogP contribution in [-0.2, 0) is 0 Å². The summed E-state index contributed by atoms with van der Waals surface area (Å²) < 4.78 is 0. The molecular formula is C11H17N. The number of rotatable bonds is 1. The highest BCUT2D eigenvalue weighted by molar-refractivity contribution is 5.61. The van der Waals surface area contributed by atoms with Crippen LogP contribution in [0.4, 0.5) is 0 Å². The van der Waals surface area contributed by atoms with Gasteiger partial charge in [0.15, 0.2) is 0 Å². The highest BCUT2D eigenvalue weighted by Crippen LogP contribution is 2.30. The van der Waals surface area contributed by atoms with Crippen LogP contribution in [-0.4, -0.2) is 12.8 Å². The van der Waals surface area contributed by atoms with Gasteiger partial charge in [0.05, 0.1) is 6.54 Å². The third kappa shape index (κ3) is 1.77. The van der Waals surface area contributed by atoms with Gasteiger partial charge in [0.1, 0.15) is 0 Å². The number of aliphatic imine (C=N–C) groups is 1. The molecule has 0 saturated heterocycles. The Kier molecular flexibility index (Phi) is 2.60. The number of allylic oxidation sites excluding steroid dienone is 1. The topological polar surface area (TPSA) is 12.4 Å². The molecule has 0 atom stereocenters. The number of nitrogens with zero attached hydrogens (tertiary/aromatic N) is 1. The summed E-state index contributed by atoms with van der Waals surface area (Å²) in [6.07, 6.45) is 12.7. The lowest BCUT2D eigenvalue weighted by molar-refractivity contribution is 0.399. The predicted octanol–water partition coefficient (Wildman–Crippen LogP) is 2.97. The molecule has 0 spiro atoms. The highest BCUT2D eigenvalue weighted by Gasteiger charge is 2.17. The van der Waals surface area contributed by atoms with Crippen LogP contribution in [0.2, 0.25) is 0 Å². The van der Waals surface area contributed by atoms with E-state index < -0.39 is 0 Å². The molecule has 0 aromatic carbocycles. The Morgan fingerprint density at radius 3 is 2.67 bits per heavy atom. The first-order valence-electron chi connectivity index (χ1n) is 5.14. The average molecular weight is 163 g/mol. The Balaban J connectivity index is 1.93. The van der Waals surface area contributed by atoms with Crippen LogP contribution >= 0.6 is 0 Å². The van der Waals surface area contributed by atoms with Gasteiger partial charge in [-0.3, -0.25) is 4.99 Å². The molecule has 0 aromatic heterocycles. The summed E-state index contributed by atoms with van der Waals surface area (Å²) in [5.74, 6) is 0.885. The van der Waals surface area contributed by atoms with Crippen molar-refractivity contribution in [3.63, 3.8) is 0 Å². The van der Waals surface area contributed by atoms with Crippen LogP contribution in [0.25, 0.3) is 0 Å². The Morgan fingerprint density at radius 1 is 1.17 bits per heavy atom. The fourth-order valence-corrected chi connectivity index (χ4v) is 2.28. The highest BCUT2D eigenvalue weighted by atomic mass is 14.7. The first kappa shape index (κ1) is 8.03.